The number of likely N-dealkylation sites (tertiary alicyclic amines) is 1. The number of carbonyl (C=O) groups excluding carboxylic acids is 3. The Labute approximate surface area is 269 Å². The van der Waals surface area contributed by atoms with Crippen molar-refractivity contribution in [3.8, 4) is 0 Å². The molecule has 0 radical (unpaired) electrons. The number of aliphatic hydroxyl groups excluding tert-OH is 1. The highest BCUT2D eigenvalue weighted by Crippen LogP contribution is 2.71. The standard InChI is InChI=1S/C35H42ClN3O4S/c1-5-19-37(23-25-14-8-7-9-15-25)31(41)27-28-32(42)39(21-10-11-22-40)30(35(28)18-17-34(27,4)44-35)33(43)38(20-6-2)29-24(3)13-12-16-26(29)36/h5-9,12-16,27-28,30,40H,1-2,10-11,17-23H2,3-4H3/t27-,28-,30?,34+,35?/m0/s1. The molecule has 3 aliphatic heterocycles. The van der Waals surface area contributed by atoms with Crippen LogP contribution in [0.3, 0.4) is 0 Å². The average molecular weight is 636 g/mol. The summed E-state index contributed by atoms with van der Waals surface area (Å²) in [7, 11) is 0. The van der Waals surface area contributed by atoms with Crippen LogP contribution in [0.5, 0.6) is 0 Å². The van der Waals surface area contributed by atoms with Crippen LogP contribution in [0.2, 0.25) is 5.02 Å². The van der Waals surface area contributed by atoms with E-state index in [9.17, 15) is 19.5 Å². The lowest BCUT2D eigenvalue weighted by atomic mass is 9.66. The third-order valence-corrected chi connectivity index (χ3v) is 11.8. The monoisotopic (exact) mass is 635 g/mol. The topological polar surface area (TPSA) is 81.2 Å². The van der Waals surface area contributed by atoms with Gasteiger partial charge in [0.25, 0.3) is 5.91 Å². The fraction of sp³-hybridized carbons (Fsp3) is 0.457. The Morgan fingerprint density at radius 2 is 1.80 bits per heavy atom. The van der Waals surface area contributed by atoms with E-state index in [0.717, 1.165) is 17.5 Å². The fourth-order valence-corrected chi connectivity index (χ4v) is 10.3. The molecule has 3 fully saturated rings. The van der Waals surface area contributed by atoms with Gasteiger partial charge in [-0.3, -0.25) is 14.4 Å². The largest absolute Gasteiger partial charge is 0.396 e. The van der Waals surface area contributed by atoms with Crippen molar-refractivity contribution < 1.29 is 19.5 Å². The Hall–Kier alpha value is -3.07. The number of carbonyl (C=O) groups is 3. The molecule has 5 rings (SSSR count). The van der Waals surface area contributed by atoms with Crippen molar-refractivity contribution in [1.29, 1.82) is 0 Å². The third kappa shape index (κ3) is 5.50. The smallest absolute Gasteiger partial charge is 0.251 e. The predicted molar refractivity (Wildman–Crippen MR) is 178 cm³/mol. The van der Waals surface area contributed by atoms with E-state index >= 15 is 0 Å². The first kappa shape index (κ1) is 32.3. The average Bonchev–Trinajstić information content (AvgIpc) is 3.57. The first-order valence-electron chi connectivity index (χ1n) is 15.4. The van der Waals surface area contributed by atoms with Crippen LogP contribution in [0.15, 0.2) is 73.8 Å². The van der Waals surface area contributed by atoms with Gasteiger partial charge in [-0.2, -0.15) is 0 Å². The molecule has 2 bridgehead atoms. The Bertz CT molecular complexity index is 1420. The molecule has 2 aromatic carbocycles. The van der Waals surface area contributed by atoms with E-state index in [-0.39, 0.29) is 30.9 Å². The van der Waals surface area contributed by atoms with Gasteiger partial charge in [-0.25, -0.2) is 0 Å². The summed E-state index contributed by atoms with van der Waals surface area (Å²) in [5, 5.41) is 9.98. The predicted octanol–water partition coefficient (Wildman–Crippen LogP) is 5.64. The molecule has 0 aromatic heterocycles. The number of hydrogen-bond acceptors (Lipinski definition) is 5. The number of benzene rings is 2. The van der Waals surface area contributed by atoms with Crippen LogP contribution in [0.4, 0.5) is 5.69 Å². The molecular weight excluding hydrogens is 594 g/mol. The van der Waals surface area contributed by atoms with Gasteiger partial charge in [0, 0.05) is 37.5 Å². The quantitative estimate of drug-likeness (QED) is 0.228. The van der Waals surface area contributed by atoms with E-state index in [0.29, 0.717) is 49.6 Å². The first-order chi connectivity index (χ1) is 21.1. The van der Waals surface area contributed by atoms with Crippen LogP contribution in [-0.4, -0.2) is 74.4 Å². The number of unbranched alkanes of at least 4 members (excludes halogenated alkanes) is 1. The number of thioether (sulfide) groups is 1. The summed E-state index contributed by atoms with van der Waals surface area (Å²) in [6.07, 6.45) is 5.85. The third-order valence-electron chi connectivity index (χ3n) is 9.50. The van der Waals surface area contributed by atoms with Gasteiger partial charge in [-0.1, -0.05) is 66.2 Å². The van der Waals surface area contributed by atoms with Crippen LogP contribution in [0.25, 0.3) is 0 Å². The molecule has 3 aliphatic rings. The van der Waals surface area contributed by atoms with E-state index in [1.54, 1.807) is 44.7 Å². The van der Waals surface area contributed by atoms with Gasteiger partial charge in [-0.05, 0) is 56.7 Å². The normalized spacial score (nSPS) is 26.9. The SMILES string of the molecule is C=CCN(Cc1ccccc1)C(=O)[C@@H]1[C@H]2C(=O)N(CCCCO)C(C(=O)N(CC=C)c3c(C)cccc3Cl)C23CC[C@@]1(C)S3. The number of para-hydroxylation sites is 1. The number of anilines is 1. The molecule has 5 atom stereocenters. The van der Waals surface area contributed by atoms with Crippen LogP contribution in [0.1, 0.15) is 43.7 Å². The van der Waals surface area contributed by atoms with Crippen LogP contribution in [-0.2, 0) is 20.9 Å². The summed E-state index contributed by atoms with van der Waals surface area (Å²) in [5.74, 6) is -1.65. The zero-order chi connectivity index (χ0) is 31.6. The maximum atomic E-state index is 14.9. The molecule has 7 nitrogen and oxygen atoms in total. The summed E-state index contributed by atoms with van der Waals surface area (Å²) in [6, 6.07) is 14.6. The number of rotatable bonds is 13. The molecule has 3 amide bonds. The summed E-state index contributed by atoms with van der Waals surface area (Å²) in [4.78, 5) is 49.1. The van der Waals surface area contributed by atoms with Gasteiger partial charge in [0.15, 0.2) is 0 Å². The highest BCUT2D eigenvalue weighted by Gasteiger charge is 2.77. The second-order valence-electron chi connectivity index (χ2n) is 12.3. The molecule has 2 unspecified atom stereocenters. The molecule has 234 valence electrons. The lowest BCUT2D eigenvalue weighted by Crippen LogP contribution is -2.55. The maximum Gasteiger partial charge on any atom is 0.251 e. The highest BCUT2D eigenvalue weighted by molar-refractivity contribution is 8.02. The molecule has 2 aromatic rings. The molecule has 3 saturated heterocycles. The molecule has 44 heavy (non-hydrogen) atoms. The highest BCUT2D eigenvalue weighted by atomic mass is 35.5. The Balaban J connectivity index is 1.57. The van der Waals surface area contributed by atoms with Gasteiger partial charge >= 0.3 is 0 Å². The Kier molecular flexibility index (Phi) is 9.64. The van der Waals surface area contributed by atoms with E-state index in [1.165, 1.54) is 0 Å². The summed E-state index contributed by atoms with van der Waals surface area (Å²) in [5.41, 5.74) is 2.46. The lowest BCUT2D eigenvalue weighted by molar-refractivity contribution is -0.145. The number of fused-ring (bicyclic) bond motifs is 1. The number of aryl methyl sites for hydroxylation is 1. The van der Waals surface area contributed by atoms with Crippen molar-refractivity contribution >= 4 is 46.8 Å². The summed E-state index contributed by atoms with van der Waals surface area (Å²) in [6.45, 7) is 13.2. The van der Waals surface area contributed by atoms with Crippen molar-refractivity contribution in [2.45, 2.75) is 61.6 Å². The van der Waals surface area contributed by atoms with E-state index in [2.05, 4.69) is 20.1 Å². The zero-order valence-corrected chi connectivity index (χ0v) is 27.2. The van der Waals surface area contributed by atoms with Crippen molar-refractivity contribution in [3.05, 3.63) is 90.0 Å². The maximum absolute atomic E-state index is 14.9. The van der Waals surface area contributed by atoms with Gasteiger partial charge in [-0.15, -0.1) is 24.9 Å². The summed E-state index contributed by atoms with van der Waals surface area (Å²) >= 11 is 8.35. The molecule has 0 saturated carbocycles. The van der Waals surface area contributed by atoms with Crippen molar-refractivity contribution in [3.63, 3.8) is 0 Å². The molecule has 3 heterocycles. The number of nitrogens with zero attached hydrogens (tertiary/aromatic N) is 3. The van der Waals surface area contributed by atoms with Crippen molar-refractivity contribution in [2.75, 3.05) is 31.1 Å². The van der Waals surface area contributed by atoms with Crippen molar-refractivity contribution in [2.24, 2.45) is 11.8 Å². The minimum absolute atomic E-state index is 0.000549. The van der Waals surface area contributed by atoms with Crippen LogP contribution < -0.4 is 4.90 Å². The lowest BCUT2D eigenvalue weighted by Gasteiger charge is -2.38. The second kappa shape index (κ2) is 13.1. The van der Waals surface area contributed by atoms with Gasteiger partial charge in [0.1, 0.15) is 6.04 Å². The molecule has 1 spiro atoms. The number of aliphatic hydroxyl groups is 1. The summed E-state index contributed by atoms with van der Waals surface area (Å²) < 4.78 is -1.25. The minimum Gasteiger partial charge on any atom is -0.396 e. The number of amides is 3. The Morgan fingerprint density at radius 3 is 2.45 bits per heavy atom. The van der Waals surface area contributed by atoms with Crippen molar-refractivity contribution in [1.82, 2.24) is 9.80 Å². The van der Waals surface area contributed by atoms with Crippen LogP contribution >= 0.6 is 23.4 Å². The minimum atomic E-state index is -0.777. The molecule has 9 heteroatoms. The van der Waals surface area contributed by atoms with E-state index in [4.69, 9.17) is 11.6 Å². The van der Waals surface area contributed by atoms with Gasteiger partial charge in [0.05, 0.1) is 27.3 Å². The number of halogens is 1. The zero-order valence-electron chi connectivity index (χ0n) is 25.6. The fourth-order valence-electron chi connectivity index (χ4n) is 7.64. The van der Waals surface area contributed by atoms with E-state index < -0.39 is 27.4 Å². The molecule has 0 aliphatic carbocycles. The van der Waals surface area contributed by atoms with Gasteiger partial charge < -0.3 is 19.8 Å². The number of hydrogen-bond donors (Lipinski definition) is 1. The van der Waals surface area contributed by atoms with Gasteiger partial charge in [0.2, 0.25) is 11.8 Å². The van der Waals surface area contributed by atoms with Crippen LogP contribution in [0, 0.1) is 18.8 Å². The first-order valence-corrected chi connectivity index (χ1v) is 16.6. The Morgan fingerprint density at radius 1 is 1.07 bits per heavy atom. The molecule has 1 N–H and O–H groups in total. The second-order valence-corrected chi connectivity index (χ2v) is 14.6. The van der Waals surface area contributed by atoms with E-state index in [1.807, 2.05) is 49.4 Å². The molecular formula is C35H42ClN3O4S.